The summed E-state index contributed by atoms with van der Waals surface area (Å²) in [5, 5.41) is 0. The molecule has 30 heavy (non-hydrogen) atoms. The van der Waals surface area contributed by atoms with Crippen LogP contribution in [0.15, 0.2) is 36.5 Å². The van der Waals surface area contributed by atoms with Gasteiger partial charge in [0.2, 0.25) is 0 Å². The lowest BCUT2D eigenvalue weighted by molar-refractivity contribution is -0.157. The van der Waals surface area contributed by atoms with Crippen molar-refractivity contribution in [3.05, 3.63) is 36.5 Å². The second kappa shape index (κ2) is 10.6. The first kappa shape index (κ1) is 23.9. The summed E-state index contributed by atoms with van der Waals surface area (Å²) >= 11 is 0. The van der Waals surface area contributed by atoms with Crippen LogP contribution in [0.5, 0.6) is 0 Å². The Morgan fingerprint density at radius 3 is 1.30 bits per heavy atom. The van der Waals surface area contributed by atoms with Gasteiger partial charge in [-0.1, -0.05) is 19.7 Å². The number of carbonyl (C=O) groups excluding carboxylic acids is 3. The summed E-state index contributed by atoms with van der Waals surface area (Å²) in [4.78, 5) is 35.8. The number of esters is 3. The normalized spacial score (nSPS) is 28.7. The van der Waals surface area contributed by atoms with Crippen molar-refractivity contribution in [2.75, 3.05) is 0 Å². The smallest absolute Gasteiger partial charge is 0.333 e. The van der Waals surface area contributed by atoms with Crippen LogP contribution in [0.1, 0.15) is 65.7 Å². The standard InChI is InChI=1S/C24H34O6/c1-14(2)22(25)28-19-9-7-17(8-10-19)18-11-20(29-23(26)15(3)4)13-21(12-18)30-24(27)16(5)6/h17-21H,1,3,5,7-13H2,2,4,6H3. The molecule has 0 amide bonds. The average Bonchev–Trinajstić information content (AvgIpc) is 2.68. The van der Waals surface area contributed by atoms with Gasteiger partial charge in [0.25, 0.3) is 0 Å². The Bertz CT molecular complexity index is 677. The highest BCUT2D eigenvalue weighted by Gasteiger charge is 2.38. The Kier molecular flexibility index (Phi) is 8.44. The van der Waals surface area contributed by atoms with Gasteiger partial charge in [0.1, 0.15) is 18.3 Å². The van der Waals surface area contributed by atoms with E-state index in [1.165, 1.54) is 0 Å². The minimum Gasteiger partial charge on any atom is -0.459 e. The van der Waals surface area contributed by atoms with Crippen molar-refractivity contribution in [3.63, 3.8) is 0 Å². The Morgan fingerprint density at radius 2 is 0.933 bits per heavy atom. The lowest BCUT2D eigenvalue weighted by Gasteiger charge is -2.40. The van der Waals surface area contributed by atoms with Crippen LogP contribution in [-0.2, 0) is 28.6 Å². The van der Waals surface area contributed by atoms with Crippen molar-refractivity contribution < 1.29 is 28.6 Å². The van der Waals surface area contributed by atoms with Crippen LogP contribution in [0.3, 0.4) is 0 Å². The van der Waals surface area contributed by atoms with E-state index in [0.717, 1.165) is 38.5 Å². The van der Waals surface area contributed by atoms with E-state index < -0.39 is 11.9 Å². The summed E-state index contributed by atoms with van der Waals surface area (Å²) < 4.78 is 16.7. The van der Waals surface area contributed by atoms with Crippen molar-refractivity contribution in [2.24, 2.45) is 11.8 Å². The molecule has 6 nitrogen and oxygen atoms in total. The van der Waals surface area contributed by atoms with E-state index in [2.05, 4.69) is 19.7 Å². The third kappa shape index (κ3) is 6.85. The first-order chi connectivity index (χ1) is 14.1. The van der Waals surface area contributed by atoms with Crippen molar-refractivity contribution >= 4 is 17.9 Å². The van der Waals surface area contributed by atoms with E-state index in [4.69, 9.17) is 14.2 Å². The number of hydrogen-bond donors (Lipinski definition) is 0. The number of ether oxygens (including phenoxy) is 3. The Hall–Kier alpha value is -2.37. The van der Waals surface area contributed by atoms with E-state index in [1.807, 2.05) is 0 Å². The second-order valence-corrected chi connectivity index (χ2v) is 8.80. The van der Waals surface area contributed by atoms with Gasteiger partial charge in [0.15, 0.2) is 0 Å². The van der Waals surface area contributed by atoms with Gasteiger partial charge in [-0.05, 0) is 71.1 Å². The lowest BCUT2D eigenvalue weighted by Crippen LogP contribution is -2.39. The van der Waals surface area contributed by atoms with Crippen LogP contribution < -0.4 is 0 Å². The highest BCUT2D eigenvalue weighted by molar-refractivity contribution is 5.88. The Labute approximate surface area is 179 Å². The summed E-state index contributed by atoms with van der Waals surface area (Å²) in [6.45, 7) is 15.8. The van der Waals surface area contributed by atoms with E-state index in [-0.39, 0.29) is 30.2 Å². The SMILES string of the molecule is C=C(C)C(=O)OC1CCC(C2CC(OC(=O)C(=C)C)CC(OC(=O)C(=C)C)C2)CC1. The molecule has 0 aromatic carbocycles. The van der Waals surface area contributed by atoms with Crippen molar-refractivity contribution in [3.8, 4) is 0 Å². The molecule has 2 saturated carbocycles. The predicted molar refractivity (Wildman–Crippen MR) is 113 cm³/mol. The maximum atomic E-state index is 12.0. The largest absolute Gasteiger partial charge is 0.459 e. The molecule has 2 rings (SSSR count). The summed E-state index contributed by atoms with van der Waals surface area (Å²) in [6, 6.07) is 0. The predicted octanol–water partition coefficient (Wildman–Crippen LogP) is 4.44. The van der Waals surface area contributed by atoms with Gasteiger partial charge in [0.05, 0.1) is 0 Å². The molecule has 2 unspecified atom stereocenters. The third-order valence-electron chi connectivity index (χ3n) is 5.91. The molecule has 2 atom stereocenters. The van der Waals surface area contributed by atoms with Crippen molar-refractivity contribution in [1.82, 2.24) is 0 Å². The maximum Gasteiger partial charge on any atom is 0.333 e. The molecule has 0 spiro atoms. The summed E-state index contributed by atoms with van der Waals surface area (Å²) in [5.74, 6) is -0.499. The highest BCUT2D eigenvalue weighted by Crippen LogP contribution is 2.41. The fourth-order valence-corrected chi connectivity index (χ4v) is 4.27. The van der Waals surface area contributed by atoms with Crippen molar-refractivity contribution in [1.29, 1.82) is 0 Å². The van der Waals surface area contributed by atoms with Crippen molar-refractivity contribution in [2.45, 2.75) is 84.0 Å². The van der Waals surface area contributed by atoms with Gasteiger partial charge in [-0.15, -0.1) is 0 Å². The zero-order valence-electron chi connectivity index (χ0n) is 18.4. The first-order valence-corrected chi connectivity index (χ1v) is 10.7. The quantitative estimate of drug-likeness (QED) is 0.345. The molecular formula is C24H34O6. The zero-order chi connectivity index (χ0) is 22.4. The molecule has 0 heterocycles. The van der Waals surface area contributed by atoms with Gasteiger partial charge in [-0.2, -0.15) is 0 Å². The lowest BCUT2D eigenvalue weighted by atomic mass is 9.71. The Morgan fingerprint density at radius 1 is 0.567 bits per heavy atom. The minimum absolute atomic E-state index is 0.0804. The van der Waals surface area contributed by atoms with Crippen LogP contribution in [0.2, 0.25) is 0 Å². The molecular weight excluding hydrogens is 384 g/mol. The summed E-state index contributed by atoms with van der Waals surface area (Å²) in [7, 11) is 0. The molecule has 2 aliphatic rings. The van der Waals surface area contributed by atoms with Gasteiger partial charge >= 0.3 is 17.9 Å². The van der Waals surface area contributed by atoms with Crippen LogP contribution in [-0.4, -0.2) is 36.2 Å². The fraction of sp³-hybridized carbons (Fsp3) is 0.625. The molecule has 6 heteroatoms. The molecule has 0 aromatic heterocycles. The van der Waals surface area contributed by atoms with Crippen LogP contribution in [0.25, 0.3) is 0 Å². The Balaban J connectivity index is 2.00. The number of carbonyl (C=O) groups is 3. The van der Waals surface area contributed by atoms with E-state index in [9.17, 15) is 14.4 Å². The van der Waals surface area contributed by atoms with Crippen LogP contribution >= 0.6 is 0 Å². The van der Waals surface area contributed by atoms with Crippen LogP contribution in [0.4, 0.5) is 0 Å². The average molecular weight is 419 g/mol. The van der Waals surface area contributed by atoms with Gasteiger partial charge in [-0.3, -0.25) is 0 Å². The van der Waals surface area contributed by atoms with Gasteiger partial charge in [-0.25, -0.2) is 14.4 Å². The van der Waals surface area contributed by atoms with Gasteiger partial charge < -0.3 is 14.2 Å². The first-order valence-electron chi connectivity index (χ1n) is 10.7. The number of hydrogen-bond acceptors (Lipinski definition) is 6. The highest BCUT2D eigenvalue weighted by atomic mass is 16.6. The van der Waals surface area contributed by atoms with Crippen LogP contribution in [0, 0.1) is 11.8 Å². The topological polar surface area (TPSA) is 78.9 Å². The summed E-state index contributed by atoms with van der Waals surface area (Å²) in [5.41, 5.74) is 1.12. The van der Waals surface area contributed by atoms with E-state index in [0.29, 0.717) is 29.1 Å². The molecule has 0 N–H and O–H groups in total. The van der Waals surface area contributed by atoms with E-state index >= 15 is 0 Å². The van der Waals surface area contributed by atoms with E-state index in [1.54, 1.807) is 20.8 Å². The molecule has 0 saturated heterocycles. The maximum absolute atomic E-state index is 12.0. The molecule has 2 aliphatic carbocycles. The minimum atomic E-state index is -0.416. The molecule has 166 valence electrons. The molecule has 0 aromatic rings. The monoisotopic (exact) mass is 418 g/mol. The fourth-order valence-electron chi connectivity index (χ4n) is 4.27. The summed E-state index contributed by atoms with van der Waals surface area (Å²) in [6.07, 6.45) is 4.69. The molecule has 0 radical (unpaired) electrons. The molecule has 2 fully saturated rings. The third-order valence-corrected chi connectivity index (χ3v) is 5.91. The zero-order valence-corrected chi connectivity index (χ0v) is 18.4. The molecule has 0 bridgehead atoms. The number of rotatable bonds is 7. The van der Waals surface area contributed by atoms with Gasteiger partial charge in [0, 0.05) is 23.1 Å². The molecule has 0 aliphatic heterocycles. The second-order valence-electron chi connectivity index (χ2n) is 8.80.